The molecule has 0 aliphatic carbocycles. The first-order valence-electron chi connectivity index (χ1n) is 11.1. The minimum Gasteiger partial charge on any atom is -0.402 e. The molecule has 0 saturated heterocycles. The summed E-state index contributed by atoms with van der Waals surface area (Å²) in [5, 5.41) is 18.7. The molecule has 0 amide bonds. The Morgan fingerprint density at radius 2 is 1.77 bits per heavy atom. The van der Waals surface area contributed by atoms with Crippen LogP contribution in [0.2, 0.25) is 5.02 Å². The van der Waals surface area contributed by atoms with Crippen molar-refractivity contribution >= 4 is 11.6 Å². The number of nitrogens with zero attached hydrogens (tertiary/aromatic N) is 7. The fraction of sp³-hybridized carbons (Fsp3) is 0.318. The Balaban J connectivity index is 1.76. The molecule has 0 radical (unpaired) electrons. The second-order valence-corrected chi connectivity index (χ2v) is 8.57. The first kappa shape index (κ1) is 28.1. The van der Waals surface area contributed by atoms with Crippen molar-refractivity contribution < 1.29 is 36.2 Å². The third kappa shape index (κ3) is 6.75. The number of aliphatic hydroxyl groups excluding tert-OH is 1. The molecule has 3 aromatic heterocycles. The second kappa shape index (κ2) is 10.7. The summed E-state index contributed by atoms with van der Waals surface area (Å²) in [7, 11) is 0. The zero-order valence-electron chi connectivity index (χ0n) is 19.8. The molecular formula is C22H18ClF6N7O3. The molecule has 10 nitrogen and oxygen atoms in total. The number of aliphatic hydroxyl groups is 1. The highest BCUT2D eigenvalue weighted by Gasteiger charge is 2.34. The summed E-state index contributed by atoms with van der Waals surface area (Å²) in [6.45, 7) is 0.0504. The predicted molar refractivity (Wildman–Crippen MR) is 123 cm³/mol. The molecule has 0 fully saturated rings. The largest absolute Gasteiger partial charge is 0.573 e. The fourth-order valence-electron chi connectivity index (χ4n) is 3.54. The molecule has 0 saturated carbocycles. The van der Waals surface area contributed by atoms with Crippen molar-refractivity contribution in [3.05, 3.63) is 69.8 Å². The zero-order valence-corrected chi connectivity index (χ0v) is 20.5. The normalized spacial score (nSPS) is 13.1. The van der Waals surface area contributed by atoms with Gasteiger partial charge < -0.3 is 9.84 Å². The number of pyridine rings is 1. The number of alkyl halides is 6. The van der Waals surface area contributed by atoms with Crippen LogP contribution in [-0.2, 0) is 13.1 Å². The van der Waals surface area contributed by atoms with E-state index in [2.05, 4.69) is 24.9 Å². The quantitative estimate of drug-likeness (QED) is 0.311. The SMILES string of the molecule is CC(O)c1nc(Cn2nc(-c3ccc(Cl)cc3)n(CCC(F)(F)F)c2=O)nn1-c1ncccc1OC(F)(F)F. The van der Waals surface area contributed by atoms with Crippen LogP contribution in [0.3, 0.4) is 0 Å². The minimum absolute atomic E-state index is 0.0818. The van der Waals surface area contributed by atoms with Crippen molar-refractivity contribution in [2.45, 2.75) is 45.1 Å². The van der Waals surface area contributed by atoms with Crippen LogP contribution in [0.15, 0.2) is 47.4 Å². The number of hydrogen-bond donors (Lipinski definition) is 1. The summed E-state index contributed by atoms with van der Waals surface area (Å²) >= 11 is 5.88. The molecule has 4 aromatic rings. The van der Waals surface area contributed by atoms with Crippen molar-refractivity contribution in [1.82, 2.24) is 34.1 Å². The average molecular weight is 578 g/mol. The van der Waals surface area contributed by atoms with Crippen LogP contribution >= 0.6 is 11.6 Å². The zero-order chi connectivity index (χ0) is 28.5. The monoisotopic (exact) mass is 577 g/mol. The lowest BCUT2D eigenvalue weighted by Gasteiger charge is -2.13. The van der Waals surface area contributed by atoms with Crippen LogP contribution < -0.4 is 10.4 Å². The number of rotatable bonds is 8. The number of halogens is 7. The highest BCUT2D eigenvalue weighted by atomic mass is 35.5. The third-order valence-electron chi connectivity index (χ3n) is 5.16. The predicted octanol–water partition coefficient (Wildman–Crippen LogP) is 4.29. The molecule has 0 bridgehead atoms. The van der Waals surface area contributed by atoms with E-state index in [1.54, 1.807) is 0 Å². The molecule has 1 unspecified atom stereocenters. The maximum atomic E-state index is 13.1. The van der Waals surface area contributed by atoms with Gasteiger partial charge in [-0.2, -0.15) is 17.9 Å². The van der Waals surface area contributed by atoms with Crippen molar-refractivity contribution in [1.29, 1.82) is 0 Å². The smallest absolute Gasteiger partial charge is 0.402 e. The van der Waals surface area contributed by atoms with Crippen LogP contribution in [0.5, 0.6) is 5.75 Å². The van der Waals surface area contributed by atoms with Gasteiger partial charge in [-0.1, -0.05) is 11.6 Å². The Hall–Kier alpha value is -3.92. The van der Waals surface area contributed by atoms with Gasteiger partial charge in [-0.25, -0.2) is 19.4 Å². The highest BCUT2D eigenvalue weighted by Crippen LogP contribution is 2.29. The van der Waals surface area contributed by atoms with Crippen molar-refractivity contribution in [2.75, 3.05) is 0 Å². The Kier molecular flexibility index (Phi) is 7.70. The van der Waals surface area contributed by atoms with Crippen LogP contribution in [0.1, 0.15) is 31.1 Å². The molecular weight excluding hydrogens is 560 g/mol. The van der Waals surface area contributed by atoms with Gasteiger partial charge >= 0.3 is 18.2 Å². The van der Waals surface area contributed by atoms with E-state index in [1.165, 1.54) is 37.3 Å². The van der Waals surface area contributed by atoms with Crippen molar-refractivity contribution in [2.24, 2.45) is 0 Å². The molecule has 17 heteroatoms. The van der Waals surface area contributed by atoms with Crippen molar-refractivity contribution in [3.63, 3.8) is 0 Å². The van der Waals surface area contributed by atoms with E-state index in [-0.39, 0.29) is 17.5 Å². The maximum absolute atomic E-state index is 13.1. The molecule has 39 heavy (non-hydrogen) atoms. The first-order chi connectivity index (χ1) is 18.2. The Bertz CT molecular complexity index is 1510. The van der Waals surface area contributed by atoms with Gasteiger partial charge in [0.2, 0.25) is 0 Å². The van der Waals surface area contributed by atoms with Crippen molar-refractivity contribution in [3.8, 4) is 23.0 Å². The molecule has 1 N–H and O–H groups in total. The van der Waals surface area contributed by atoms with Gasteiger partial charge in [-0.15, -0.1) is 23.4 Å². The summed E-state index contributed by atoms with van der Waals surface area (Å²) in [6, 6.07) is 8.06. The summed E-state index contributed by atoms with van der Waals surface area (Å²) in [4.78, 5) is 21.0. The van der Waals surface area contributed by atoms with Crippen LogP contribution in [-0.4, -0.2) is 51.7 Å². The molecule has 1 aromatic carbocycles. The summed E-state index contributed by atoms with van der Waals surface area (Å²) < 4.78 is 84.0. The Morgan fingerprint density at radius 3 is 2.38 bits per heavy atom. The average Bonchev–Trinajstić information content (AvgIpc) is 3.39. The van der Waals surface area contributed by atoms with E-state index in [0.29, 0.717) is 10.6 Å². The maximum Gasteiger partial charge on any atom is 0.573 e. The van der Waals surface area contributed by atoms with Crippen LogP contribution in [0, 0.1) is 0 Å². The summed E-state index contributed by atoms with van der Waals surface area (Å²) in [6.07, 6.45) is -11.1. The standard InChI is InChI=1S/C22H18ClF6N7O3/c1-12(37)17-31-16(32-36(17)19-15(3-2-9-30-19)39-22(27,28)29)11-35-20(38)34(10-8-21(24,25)26)18(33-35)13-4-6-14(23)7-5-13/h2-7,9,12,37H,8,10-11H2,1H3. The van der Waals surface area contributed by atoms with E-state index in [9.17, 15) is 36.2 Å². The number of aromatic nitrogens is 7. The number of hydrogen-bond acceptors (Lipinski definition) is 7. The van der Waals surface area contributed by atoms with E-state index < -0.39 is 55.4 Å². The lowest BCUT2D eigenvalue weighted by Crippen LogP contribution is -2.27. The first-order valence-corrected chi connectivity index (χ1v) is 11.4. The van der Waals surface area contributed by atoms with Gasteiger partial charge in [0.15, 0.2) is 29.0 Å². The molecule has 1 atom stereocenters. The fourth-order valence-corrected chi connectivity index (χ4v) is 3.66. The highest BCUT2D eigenvalue weighted by molar-refractivity contribution is 6.30. The van der Waals surface area contributed by atoms with Gasteiger partial charge in [0.25, 0.3) is 0 Å². The van der Waals surface area contributed by atoms with Crippen LogP contribution in [0.4, 0.5) is 26.3 Å². The molecule has 3 heterocycles. The summed E-state index contributed by atoms with van der Waals surface area (Å²) in [5.41, 5.74) is -0.610. The van der Waals surface area contributed by atoms with Gasteiger partial charge in [0, 0.05) is 23.3 Å². The Labute approximate surface area is 220 Å². The van der Waals surface area contributed by atoms with Gasteiger partial charge in [0.1, 0.15) is 12.6 Å². The van der Waals surface area contributed by atoms with Gasteiger partial charge in [0.05, 0.1) is 6.42 Å². The molecule has 208 valence electrons. The lowest BCUT2D eigenvalue weighted by molar-refractivity contribution is -0.274. The summed E-state index contributed by atoms with van der Waals surface area (Å²) in [5.74, 6) is -1.70. The lowest BCUT2D eigenvalue weighted by atomic mass is 10.2. The second-order valence-electron chi connectivity index (χ2n) is 8.13. The molecule has 0 aliphatic rings. The molecule has 0 aliphatic heterocycles. The Morgan fingerprint density at radius 1 is 1.08 bits per heavy atom. The topological polar surface area (TPSA) is 113 Å². The van der Waals surface area contributed by atoms with Gasteiger partial charge in [-0.05, 0) is 43.3 Å². The number of ether oxygens (including phenoxy) is 1. The minimum atomic E-state index is -5.05. The molecule has 4 rings (SSSR count). The van der Waals surface area contributed by atoms with E-state index in [0.717, 1.165) is 26.2 Å². The van der Waals surface area contributed by atoms with Gasteiger partial charge in [-0.3, -0.25) is 4.57 Å². The van der Waals surface area contributed by atoms with E-state index >= 15 is 0 Å². The van der Waals surface area contributed by atoms with Crippen LogP contribution in [0.25, 0.3) is 17.2 Å². The third-order valence-corrected chi connectivity index (χ3v) is 5.41. The molecule has 0 spiro atoms. The van der Waals surface area contributed by atoms with E-state index in [4.69, 9.17) is 11.6 Å². The van der Waals surface area contributed by atoms with E-state index in [1.807, 2.05) is 0 Å². The number of benzene rings is 1.